The van der Waals surface area contributed by atoms with Crippen molar-refractivity contribution >= 4 is 34.8 Å². The van der Waals surface area contributed by atoms with E-state index >= 15 is 0 Å². The molecule has 0 bridgehead atoms. The lowest BCUT2D eigenvalue weighted by Crippen LogP contribution is -2.26. The molecule has 27 heavy (non-hydrogen) atoms. The minimum atomic E-state index is -0.951. The second kappa shape index (κ2) is 8.06. The summed E-state index contributed by atoms with van der Waals surface area (Å²) in [6.45, 7) is 5.68. The minimum absolute atomic E-state index is 0.162. The Hall–Kier alpha value is -2.45. The van der Waals surface area contributed by atoms with Crippen LogP contribution in [0.1, 0.15) is 34.4 Å². The number of aliphatic carboxylic acids is 1. The summed E-state index contributed by atoms with van der Waals surface area (Å²) in [6.07, 6.45) is -0.162. The van der Waals surface area contributed by atoms with Crippen molar-refractivity contribution in [3.8, 4) is 10.4 Å². The van der Waals surface area contributed by atoms with Crippen LogP contribution in [0, 0.1) is 20.8 Å². The summed E-state index contributed by atoms with van der Waals surface area (Å²) >= 11 is 1.20. The number of thiol groups is 1. The van der Waals surface area contributed by atoms with Crippen molar-refractivity contribution in [3.63, 3.8) is 0 Å². The predicted octanol–water partition coefficient (Wildman–Crippen LogP) is 4.21. The molecule has 142 valence electrons. The number of anilines is 1. The molecule has 0 saturated carbocycles. The van der Waals surface area contributed by atoms with Crippen LogP contribution < -0.4 is 4.31 Å². The smallest absolute Gasteiger partial charge is 0.305 e. The number of hydrogen-bond acceptors (Lipinski definition) is 5. The fourth-order valence-corrected chi connectivity index (χ4v) is 4.83. The maximum absolute atomic E-state index is 11.9. The van der Waals surface area contributed by atoms with E-state index in [-0.39, 0.29) is 18.3 Å². The Labute approximate surface area is 165 Å². The molecular weight excluding hydrogens is 384 g/mol. The molecule has 0 aliphatic heterocycles. The van der Waals surface area contributed by atoms with E-state index in [1.165, 1.54) is 11.3 Å². The fraction of sp³-hybridized carbons (Fsp3) is 0.263. The summed E-state index contributed by atoms with van der Waals surface area (Å²) in [7, 11) is 0. The van der Waals surface area contributed by atoms with Crippen LogP contribution >= 0.6 is 11.3 Å². The van der Waals surface area contributed by atoms with Gasteiger partial charge in [0.05, 0.1) is 23.7 Å². The summed E-state index contributed by atoms with van der Waals surface area (Å²) in [4.78, 5) is 13.2. The van der Waals surface area contributed by atoms with Crippen molar-refractivity contribution in [3.05, 3.63) is 58.3 Å². The average Bonchev–Trinajstić information content (AvgIpc) is 3.22. The van der Waals surface area contributed by atoms with Crippen LogP contribution in [-0.4, -0.2) is 20.4 Å². The van der Waals surface area contributed by atoms with Gasteiger partial charge in [0.2, 0.25) is 0 Å². The van der Waals surface area contributed by atoms with Gasteiger partial charge >= 0.3 is 5.97 Å². The normalized spacial score (nSPS) is 12.1. The Morgan fingerprint density at radius 3 is 2.48 bits per heavy atom. The van der Waals surface area contributed by atoms with Gasteiger partial charge in [-0.2, -0.15) is 0 Å². The van der Waals surface area contributed by atoms with Gasteiger partial charge in [-0.1, -0.05) is 22.9 Å². The number of carboxylic acids is 1. The van der Waals surface area contributed by atoms with Gasteiger partial charge in [-0.05, 0) is 45.0 Å². The van der Waals surface area contributed by atoms with E-state index in [1.807, 2.05) is 57.2 Å². The molecule has 3 aromatic rings. The molecule has 3 rings (SSSR count). The number of aromatic nitrogens is 1. The molecule has 0 aliphatic carbocycles. The average molecular weight is 405 g/mol. The van der Waals surface area contributed by atoms with Gasteiger partial charge in [0.15, 0.2) is 0 Å². The van der Waals surface area contributed by atoms with Crippen LogP contribution in [0.4, 0.5) is 5.69 Å². The summed E-state index contributed by atoms with van der Waals surface area (Å²) < 4.78 is 18.7. The standard InChI is InChI=1S/C19H20N2O4S2/c1-11-4-6-14(7-5-11)21(27-24)15(10-18(22)23)16-8-9-17(26-16)19-12(2)20-25-13(19)3/h4-9,15,27H,10H2,1-3H3,(H,22,23). The van der Waals surface area contributed by atoms with Gasteiger partial charge in [-0.3, -0.25) is 9.10 Å². The SMILES string of the molecule is Cc1ccc(N([SH]=O)C(CC(=O)O)c2ccc(-c3c(C)noc3C)s2)cc1. The van der Waals surface area contributed by atoms with Crippen molar-refractivity contribution in [2.75, 3.05) is 4.31 Å². The molecule has 8 heteroatoms. The summed E-state index contributed by atoms with van der Waals surface area (Å²) in [5.41, 5.74) is 3.48. The Morgan fingerprint density at radius 1 is 1.22 bits per heavy atom. The molecule has 2 heterocycles. The molecule has 0 radical (unpaired) electrons. The molecule has 0 spiro atoms. The molecule has 1 N–H and O–H groups in total. The molecule has 6 nitrogen and oxygen atoms in total. The molecular formula is C19H20N2O4S2. The zero-order valence-electron chi connectivity index (χ0n) is 15.2. The Balaban J connectivity index is 2.01. The highest BCUT2D eigenvalue weighted by Crippen LogP contribution is 2.39. The third-order valence-electron chi connectivity index (χ3n) is 4.28. The van der Waals surface area contributed by atoms with Crippen LogP contribution in [0.5, 0.6) is 0 Å². The lowest BCUT2D eigenvalue weighted by molar-refractivity contribution is -0.137. The predicted molar refractivity (Wildman–Crippen MR) is 107 cm³/mol. The molecule has 2 aromatic heterocycles. The number of carboxylic acid groups (broad SMARTS) is 1. The summed E-state index contributed by atoms with van der Waals surface area (Å²) in [5, 5.41) is 13.4. The monoisotopic (exact) mass is 404 g/mol. The second-order valence-electron chi connectivity index (χ2n) is 6.28. The maximum Gasteiger partial charge on any atom is 0.305 e. The molecule has 1 aromatic carbocycles. The van der Waals surface area contributed by atoms with Crippen LogP contribution in [-0.2, 0) is 16.6 Å². The quantitative estimate of drug-likeness (QED) is 0.576. The Morgan fingerprint density at radius 2 is 1.93 bits per heavy atom. The third kappa shape index (κ3) is 4.12. The first-order valence-corrected chi connectivity index (χ1v) is 9.92. The van der Waals surface area contributed by atoms with Crippen molar-refractivity contribution < 1.29 is 18.6 Å². The first kappa shape index (κ1) is 19.3. The van der Waals surface area contributed by atoms with Gasteiger partial charge in [-0.15, -0.1) is 11.3 Å². The topological polar surface area (TPSA) is 83.6 Å². The zero-order valence-corrected chi connectivity index (χ0v) is 16.9. The molecule has 0 amide bonds. The second-order valence-corrected chi connectivity index (χ2v) is 7.99. The molecule has 1 atom stereocenters. The van der Waals surface area contributed by atoms with Gasteiger partial charge in [0.1, 0.15) is 17.6 Å². The number of rotatable bonds is 7. The van der Waals surface area contributed by atoms with Crippen LogP contribution in [0.3, 0.4) is 0 Å². The number of carbonyl (C=O) groups is 1. The third-order valence-corrected chi connectivity index (χ3v) is 6.17. The molecule has 0 saturated heterocycles. The highest BCUT2D eigenvalue weighted by Gasteiger charge is 2.26. The van der Waals surface area contributed by atoms with Crippen molar-refractivity contribution in [1.29, 1.82) is 0 Å². The first-order chi connectivity index (χ1) is 12.9. The lowest BCUT2D eigenvalue weighted by atomic mass is 10.1. The van der Waals surface area contributed by atoms with E-state index < -0.39 is 12.0 Å². The molecule has 0 fully saturated rings. The Bertz CT molecular complexity index is 943. The van der Waals surface area contributed by atoms with Gasteiger partial charge in [-0.25, -0.2) is 4.21 Å². The highest BCUT2D eigenvalue weighted by atomic mass is 32.2. The minimum Gasteiger partial charge on any atom is -0.481 e. The maximum atomic E-state index is 11.9. The van der Waals surface area contributed by atoms with Crippen molar-refractivity contribution in [2.24, 2.45) is 0 Å². The van der Waals surface area contributed by atoms with E-state index in [1.54, 1.807) is 4.31 Å². The summed E-state index contributed by atoms with van der Waals surface area (Å²) in [6, 6.07) is 10.8. The van der Waals surface area contributed by atoms with Gasteiger partial charge < -0.3 is 9.63 Å². The van der Waals surface area contributed by atoms with Crippen LogP contribution in [0.2, 0.25) is 0 Å². The number of thiophene rings is 1. The fourth-order valence-electron chi connectivity index (χ4n) is 2.96. The van der Waals surface area contributed by atoms with E-state index in [4.69, 9.17) is 4.52 Å². The number of benzene rings is 1. The largest absolute Gasteiger partial charge is 0.481 e. The lowest BCUT2D eigenvalue weighted by Gasteiger charge is -2.26. The van der Waals surface area contributed by atoms with E-state index in [9.17, 15) is 14.1 Å². The summed E-state index contributed by atoms with van der Waals surface area (Å²) in [5.74, 6) is -0.235. The van der Waals surface area contributed by atoms with Gasteiger partial charge in [0, 0.05) is 15.4 Å². The Kier molecular flexibility index (Phi) is 5.76. The van der Waals surface area contributed by atoms with Crippen LogP contribution in [0.25, 0.3) is 10.4 Å². The highest BCUT2D eigenvalue weighted by molar-refractivity contribution is 7.67. The van der Waals surface area contributed by atoms with E-state index in [2.05, 4.69) is 5.16 Å². The number of aryl methyl sites for hydroxylation is 3. The molecule has 0 aliphatic rings. The van der Waals surface area contributed by atoms with Crippen molar-refractivity contribution in [1.82, 2.24) is 5.16 Å². The zero-order chi connectivity index (χ0) is 19.6. The first-order valence-electron chi connectivity index (χ1n) is 8.34. The van der Waals surface area contributed by atoms with Crippen LogP contribution in [0.15, 0.2) is 40.9 Å². The number of hydrogen-bond donors (Lipinski definition) is 2. The van der Waals surface area contributed by atoms with E-state index in [0.29, 0.717) is 11.4 Å². The number of nitrogens with zero attached hydrogens (tertiary/aromatic N) is 2. The van der Waals surface area contributed by atoms with Crippen molar-refractivity contribution in [2.45, 2.75) is 33.2 Å². The molecule has 1 unspecified atom stereocenters. The van der Waals surface area contributed by atoms with E-state index in [0.717, 1.165) is 26.6 Å². The van der Waals surface area contributed by atoms with Gasteiger partial charge in [0.25, 0.3) is 0 Å².